The van der Waals surface area contributed by atoms with E-state index < -0.39 is 16.3 Å². The highest BCUT2D eigenvalue weighted by Crippen LogP contribution is 2.29. The van der Waals surface area contributed by atoms with Crippen molar-refractivity contribution < 1.29 is 17.9 Å². The highest BCUT2D eigenvalue weighted by atomic mass is 32.2. The molecule has 0 aromatic heterocycles. The van der Waals surface area contributed by atoms with Gasteiger partial charge in [0.15, 0.2) is 0 Å². The molecule has 1 aliphatic heterocycles. The summed E-state index contributed by atoms with van der Waals surface area (Å²) in [6.07, 6.45) is 1.12. The molecular formula is C10H21N3O4S. The average molecular weight is 279 g/mol. The Hall–Kier alpha value is -0.860. The molecule has 0 aromatic carbocycles. The monoisotopic (exact) mass is 279 g/mol. The highest BCUT2D eigenvalue weighted by Gasteiger charge is 2.32. The molecule has 1 saturated heterocycles. The van der Waals surface area contributed by atoms with Crippen molar-refractivity contribution in [3.8, 4) is 0 Å². The zero-order valence-electron chi connectivity index (χ0n) is 10.9. The maximum Gasteiger partial charge on any atom is 0.421 e. The van der Waals surface area contributed by atoms with Gasteiger partial charge >= 0.3 is 16.3 Å². The Morgan fingerprint density at radius 3 is 2.72 bits per heavy atom. The lowest BCUT2D eigenvalue weighted by Crippen LogP contribution is -2.54. The Balaban J connectivity index is 2.51. The first-order chi connectivity index (χ1) is 8.27. The van der Waals surface area contributed by atoms with Crippen LogP contribution in [-0.4, -0.2) is 40.8 Å². The predicted octanol–water partition coefficient (Wildman–Crippen LogP) is -0.0450. The summed E-state index contributed by atoms with van der Waals surface area (Å²) >= 11 is 0. The number of piperidine rings is 1. The summed E-state index contributed by atoms with van der Waals surface area (Å²) in [5.74, 6) is 0. The molecule has 0 spiro atoms. The van der Waals surface area contributed by atoms with Crippen molar-refractivity contribution in [3.63, 3.8) is 0 Å². The lowest BCUT2D eigenvalue weighted by atomic mass is 9.78. The third-order valence-electron chi connectivity index (χ3n) is 3.21. The third kappa shape index (κ3) is 4.43. The summed E-state index contributed by atoms with van der Waals surface area (Å²) in [5, 5.41) is 3.28. The normalized spacial score (nSPS) is 23.4. The van der Waals surface area contributed by atoms with Crippen molar-refractivity contribution in [2.75, 3.05) is 20.2 Å². The van der Waals surface area contributed by atoms with Gasteiger partial charge in [0.05, 0.1) is 7.11 Å². The summed E-state index contributed by atoms with van der Waals surface area (Å²) in [6.45, 7) is 5.29. The average Bonchev–Trinajstić information content (AvgIpc) is 2.26. The Morgan fingerprint density at radius 2 is 2.17 bits per heavy atom. The smallest absolute Gasteiger partial charge is 0.421 e. The second-order valence-electron chi connectivity index (χ2n) is 5.04. The molecular weight excluding hydrogens is 258 g/mol. The number of carbonyl (C=O) groups is 1. The molecule has 0 radical (unpaired) electrons. The van der Waals surface area contributed by atoms with Crippen LogP contribution in [0.1, 0.15) is 26.7 Å². The van der Waals surface area contributed by atoms with Gasteiger partial charge in [-0.25, -0.2) is 9.52 Å². The van der Waals surface area contributed by atoms with Crippen LogP contribution in [0.25, 0.3) is 0 Å². The van der Waals surface area contributed by atoms with E-state index in [2.05, 4.69) is 28.6 Å². The fourth-order valence-corrected chi connectivity index (χ4v) is 2.76. The fraction of sp³-hybridized carbons (Fsp3) is 0.900. The summed E-state index contributed by atoms with van der Waals surface area (Å²) in [6, 6.07) is 0.0421. The number of hydrogen-bond donors (Lipinski definition) is 3. The molecule has 8 heteroatoms. The van der Waals surface area contributed by atoms with E-state index in [0.29, 0.717) is 0 Å². The summed E-state index contributed by atoms with van der Waals surface area (Å²) in [5.41, 5.74) is 0.0199. The second kappa shape index (κ2) is 5.85. The van der Waals surface area contributed by atoms with Gasteiger partial charge in [-0.2, -0.15) is 13.1 Å². The molecule has 106 valence electrons. The number of carbonyl (C=O) groups excluding carboxylic acids is 1. The minimum atomic E-state index is -3.86. The molecule has 1 amide bonds. The van der Waals surface area contributed by atoms with Crippen LogP contribution >= 0.6 is 0 Å². The van der Waals surface area contributed by atoms with Crippen LogP contribution in [0.15, 0.2) is 0 Å². The molecule has 0 aromatic rings. The van der Waals surface area contributed by atoms with E-state index in [4.69, 9.17) is 0 Å². The largest absolute Gasteiger partial charge is 0.452 e. The number of amides is 1. The van der Waals surface area contributed by atoms with E-state index in [1.54, 1.807) is 4.72 Å². The number of rotatable bonds is 4. The molecule has 1 rings (SSSR count). The topological polar surface area (TPSA) is 96.5 Å². The zero-order chi connectivity index (χ0) is 13.8. The lowest BCUT2D eigenvalue weighted by molar-refractivity contribution is 0.176. The minimum absolute atomic E-state index is 0.0199. The van der Waals surface area contributed by atoms with Crippen molar-refractivity contribution >= 4 is 16.3 Å². The van der Waals surface area contributed by atoms with Crippen molar-refractivity contribution in [3.05, 3.63) is 0 Å². The van der Waals surface area contributed by atoms with Crippen LogP contribution in [0.5, 0.6) is 0 Å². The molecule has 1 heterocycles. The van der Waals surface area contributed by atoms with Crippen molar-refractivity contribution in [2.24, 2.45) is 5.41 Å². The molecule has 1 fully saturated rings. The number of hydrogen-bond acceptors (Lipinski definition) is 5. The van der Waals surface area contributed by atoms with Gasteiger partial charge in [0.1, 0.15) is 0 Å². The first-order valence-electron chi connectivity index (χ1n) is 5.85. The molecule has 1 unspecified atom stereocenters. The van der Waals surface area contributed by atoms with Gasteiger partial charge in [-0.15, -0.1) is 0 Å². The number of methoxy groups -OCH3 is 1. The Bertz CT molecular complexity index is 394. The maximum absolute atomic E-state index is 11.5. The number of ether oxygens (including phenoxy) is 1. The van der Waals surface area contributed by atoms with Gasteiger partial charge in [0, 0.05) is 12.6 Å². The SMILES string of the molecule is COC(=O)NS(=O)(=O)NCC1NCCCC1(C)C. The Labute approximate surface area is 108 Å². The molecule has 3 N–H and O–H groups in total. The van der Waals surface area contributed by atoms with Crippen molar-refractivity contribution in [1.29, 1.82) is 0 Å². The van der Waals surface area contributed by atoms with Crippen molar-refractivity contribution in [2.45, 2.75) is 32.7 Å². The van der Waals surface area contributed by atoms with Gasteiger partial charge in [-0.05, 0) is 24.8 Å². The van der Waals surface area contributed by atoms with Gasteiger partial charge in [0.25, 0.3) is 0 Å². The molecule has 1 atom stereocenters. The predicted molar refractivity (Wildman–Crippen MR) is 67.3 cm³/mol. The van der Waals surface area contributed by atoms with Crippen LogP contribution in [0.2, 0.25) is 0 Å². The first-order valence-corrected chi connectivity index (χ1v) is 7.34. The summed E-state index contributed by atoms with van der Waals surface area (Å²) in [7, 11) is -2.75. The standard InChI is InChI=1S/C10H21N3O4S/c1-10(2)5-4-6-11-8(10)7-12-18(15,16)13-9(14)17-3/h8,11-12H,4-7H2,1-3H3,(H,13,14). The third-order valence-corrected chi connectivity index (χ3v) is 4.19. The van der Waals surface area contributed by atoms with Crippen molar-refractivity contribution in [1.82, 2.24) is 14.8 Å². The van der Waals surface area contributed by atoms with E-state index in [-0.39, 0.29) is 18.0 Å². The molecule has 0 bridgehead atoms. The van der Waals surface area contributed by atoms with E-state index in [9.17, 15) is 13.2 Å². The van der Waals surface area contributed by atoms with Crippen LogP contribution in [0.3, 0.4) is 0 Å². The van der Waals surface area contributed by atoms with Gasteiger partial charge < -0.3 is 10.1 Å². The molecule has 18 heavy (non-hydrogen) atoms. The quantitative estimate of drug-likeness (QED) is 0.671. The first kappa shape index (κ1) is 15.2. The van der Waals surface area contributed by atoms with Crippen LogP contribution in [-0.2, 0) is 14.9 Å². The summed E-state index contributed by atoms with van der Waals surface area (Å²) < 4.78 is 31.3. The van der Waals surface area contributed by atoms with Gasteiger partial charge in [0.2, 0.25) is 0 Å². The zero-order valence-corrected chi connectivity index (χ0v) is 11.8. The molecule has 0 aliphatic carbocycles. The number of nitrogens with one attached hydrogen (secondary N) is 3. The fourth-order valence-electron chi connectivity index (χ4n) is 2.00. The Kier molecular flexibility index (Phi) is 4.94. The van der Waals surface area contributed by atoms with E-state index in [1.165, 1.54) is 0 Å². The highest BCUT2D eigenvalue weighted by molar-refractivity contribution is 7.88. The van der Waals surface area contributed by atoms with Crippen LogP contribution in [0.4, 0.5) is 4.79 Å². The second-order valence-corrected chi connectivity index (χ2v) is 6.54. The molecule has 0 saturated carbocycles. The van der Waals surface area contributed by atoms with Crippen LogP contribution in [0, 0.1) is 5.41 Å². The maximum atomic E-state index is 11.5. The Morgan fingerprint density at radius 1 is 1.50 bits per heavy atom. The van der Waals surface area contributed by atoms with Gasteiger partial charge in [-0.1, -0.05) is 13.8 Å². The van der Waals surface area contributed by atoms with Gasteiger partial charge in [-0.3, -0.25) is 0 Å². The minimum Gasteiger partial charge on any atom is -0.452 e. The van der Waals surface area contributed by atoms with E-state index in [0.717, 1.165) is 26.5 Å². The lowest BCUT2D eigenvalue weighted by Gasteiger charge is -2.39. The summed E-state index contributed by atoms with van der Waals surface area (Å²) in [4.78, 5) is 10.8. The van der Waals surface area contributed by atoms with E-state index in [1.807, 2.05) is 0 Å². The van der Waals surface area contributed by atoms with Crippen LogP contribution < -0.4 is 14.8 Å². The van der Waals surface area contributed by atoms with E-state index >= 15 is 0 Å². The molecule has 1 aliphatic rings. The molecule has 7 nitrogen and oxygen atoms in total.